The quantitative estimate of drug-likeness (QED) is 0.818. The molecular weight excluding hydrogens is 358 g/mol. The second-order valence-electron chi connectivity index (χ2n) is 5.89. The maximum Gasteiger partial charge on any atom is 0.143 e. The molecule has 2 nitrogen and oxygen atoms in total. The van der Waals surface area contributed by atoms with Crippen LogP contribution in [-0.2, 0) is 6.54 Å². The zero-order chi connectivity index (χ0) is 13.3. The minimum Gasteiger partial charge on any atom is -0.506 e. The molecule has 1 fully saturated rings. The Kier molecular flexibility index (Phi) is 4.40. The van der Waals surface area contributed by atoms with Crippen LogP contribution in [0.2, 0.25) is 0 Å². The summed E-state index contributed by atoms with van der Waals surface area (Å²) in [7, 11) is 0. The third kappa shape index (κ3) is 3.49. The van der Waals surface area contributed by atoms with E-state index in [1.54, 1.807) is 0 Å². The summed E-state index contributed by atoms with van der Waals surface area (Å²) < 4.78 is 1.51. The fourth-order valence-electron chi connectivity index (χ4n) is 2.65. The normalized spacial score (nSPS) is 20.0. The van der Waals surface area contributed by atoms with Crippen molar-refractivity contribution >= 4 is 31.9 Å². The number of nitrogens with zero attached hydrogens (tertiary/aromatic N) is 1. The Hall–Kier alpha value is -0.0600. The molecule has 4 heteroatoms. The highest BCUT2D eigenvalue weighted by molar-refractivity contribution is 9.11. The molecule has 0 atom stereocenters. The second kappa shape index (κ2) is 5.51. The van der Waals surface area contributed by atoms with Crippen molar-refractivity contribution in [1.82, 2.24) is 4.90 Å². The van der Waals surface area contributed by atoms with Gasteiger partial charge in [-0.25, -0.2) is 0 Å². The van der Waals surface area contributed by atoms with Crippen molar-refractivity contribution in [3.8, 4) is 5.75 Å². The van der Waals surface area contributed by atoms with Crippen LogP contribution in [0.5, 0.6) is 5.75 Å². The first-order valence-corrected chi connectivity index (χ1v) is 7.85. The molecule has 2 rings (SSSR count). The molecule has 0 aromatic heterocycles. The number of rotatable bonds is 2. The van der Waals surface area contributed by atoms with Crippen LogP contribution in [-0.4, -0.2) is 23.1 Å². The van der Waals surface area contributed by atoms with Crippen LogP contribution >= 0.6 is 31.9 Å². The van der Waals surface area contributed by atoms with Crippen LogP contribution in [0.3, 0.4) is 0 Å². The summed E-state index contributed by atoms with van der Waals surface area (Å²) in [6.45, 7) is 7.92. The smallest absolute Gasteiger partial charge is 0.143 e. The van der Waals surface area contributed by atoms with Gasteiger partial charge in [0.1, 0.15) is 5.75 Å². The van der Waals surface area contributed by atoms with Crippen molar-refractivity contribution in [2.45, 2.75) is 33.2 Å². The first-order valence-electron chi connectivity index (χ1n) is 6.27. The molecule has 0 radical (unpaired) electrons. The van der Waals surface area contributed by atoms with Gasteiger partial charge in [0, 0.05) is 13.1 Å². The van der Waals surface area contributed by atoms with Crippen molar-refractivity contribution < 1.29 is 5.11 Å². The maximum atomic E-state index is 9.71. The van der Waals surface area contributed by atoms with E-state index in [1.807, 2.05) is 12.1 Å². The van der Waals surface area contributed by atoms with Gasteiger partial charge in [0.2, 0.25) is 0 Å². The number of aromatic hydroxyl groups is 1. The third-order valence-electron chi connectivity index (χ3n) is 3.46. The number of phenols is 1. The number of hydrogen-bond acceptors (Lipinski definition) is 2. The molecule has 1 saturated heterocycles. The molecule has 1 aliphatic heterocycles. The summed E-state index contributed by atoms with van der Waals surface area (Å²) in [4.78, 5) is 2.49. The number of hydrogen-bond donors (Lipinski definition) is 1. The maximum absolute atomic E-state index is 9.71. The van der Waals surface area contributed by atoms with Crippen LogP contribution < -0.4 is 0 Å². The van der Waals surface area contributed by atoms with Gasteiger partial charge in [-0.1, -0.05) is 13.8 Å². The standard InChI is InChI=1S/C14H19Br2NO/c1-14(2)4-3-5-17(9-14)8-10-6-11(15)13(18)12(16)7-10/h6-7,18H,3-5,8-9H2,1-2H3. The molecule has 18 heavy (non-hydrogen) atoms. The lowest BCUT2D eigenvalue weighted by molar-refractivity contribution is 0.111. The lowest BCUT2D eigenvalue weighted by atomic mass is 9.84. The SMILES string of the molecule is CC1(C)CCCN(Cc2cc(Br)c(O)c(Br)c2)C1. The van der Waals surface area contributed by atoms with Gasteiger partial charge in [0.25, 0.3) is 0 Å². The first kappa shape index (κ1) is 14.4. The molecule has 0 unspecified atom stereocenters. The number of phenolic OH excluding ortho intramolecular Hbond substituents is 1. The zero-order valence-electron chi connectivity index (χ0n) is 10.8. The Bertz CT molecular complexity index is 422. The van der Waals surface area contributed by atoms with Crippen molar-refractivity contribution in [2.24, 2.45) is 5.41 Å². The second-order valence-corrected chi connectivity index (χ2v) is 7.60. The Balaban J connectivity index is 2.10. The predicted molar refractivity (Wildman–Crippen MR) is 81.8 cm³/mol. The molecule has 0 aliphatic carbocycles. The summed E-state index contributed by atoms with van der Waals surface area (Å²) in [6.07, 6.45) is 2.58. The number of halogens is 2. The van der Waals surface area contributed by atoms with E-state index >= 15 is 0 Å². The molecule has 0 spiro atoms. The average Bonchev–Trinajstić information content (AvgIpc) is 2.24. The third-order valence-corrected chi connectivity index (χ3v) is 4.67. The monoisotopic (exact) mass is 375 g/mol. The van der Waals surface area contributed by atoms with Crippen LogP contribution in [0.15, 0.2) is 21.1 Å². The molecule has 0 amide bonds. The van der Waals surface area contributed by atoms with Gasteiger partial charge >= 0.3 is 0 Å². The fourth-order valence-corrected chi connectivity index (χ4v) is 3.93. The summed E-state index contributed by atoms with van der Waals surface area (Å²) in [5, 5.41) is 9.71. The molecule has 1 aliphatic rings. The molecule has 0 saturated carbocycles. The lowest BCUT2D eigenvalue weighted by Crippen LogP contribution is -2.39. The van der Waals surface area contributed by atoms with Gasteiger partial charge in [0.15, 0.2) is 0 Å². The van der Waals surface area contributed by atoms with E-state index in [2.05, 4.69) is 50.6 Å². The highest BCUT2D eigenvalue weighted by atomic mass is 79.9. The average molecular weight is 377 g/mol. The number of benzene rings is 1. The summed E-state index contributed by atoms with van der Waals surface area (Å²) in [6, 6.07) is 4.00. The largest absolute Gasteiger partial charge is 0.506 e. The van der Waals surface area contributed by atoms with E-state index in [0.717, 1.165) is 22.0 Å². The van der Waals surface area contributed by atoms with E-state index in [1.165, 1.54) is 24.9 Å². The van der Waals surface area contributed by atoms with E-state index in [4.69, 9.17) is 0 Å². The Morgan fingerprint density at radius 1 is 1.28 bits per heavy atom. The Morgan fingerprint density at radius 2 is 1.89 bits per heavy atom. The Labute approximate surface area is 126 Å². The molecular formula is C14H19Br2NO. The van der Waals surface area contributed by atoms with Crippen molar-refractivity contribution in [2.75, 3.05) is 13.1 Å². The van der Waals surface area contributed by atoms with E-state index in [9.17, 15) is 5.11 Å². The van der Waals surface area contributed by atoms with Crippen LogP contribution in [0.4, 0.5) is 0 Å². The first-order chi connectivity index (χ1) is 8.37. The van der Waals surface area contributed by atoms with Gasteiger partial charge in [0.05, 0.1) is 8.95 Å². The summed E-state index contributed by atoms with van der Waals surface area (Å²) in [5.41, 5.74) is 1.65. The van der Waals surface area contributed by atoms with Gasteiger partial charge in [-0.3, -0.25) is 4.90 Å². The minimum absolute atomic E-state index is 0.276. The van der Waals surface area contributed by atoms with Crippen molar-refractivity contribution in [1.29, 1.82) is 0 Å². The highest BCUT2D eigenvalue weighted by Gasteiger charge is 2.26. The highest BCUT2D eigenvalue weighted by Crippen LogP contribution is 2.35. The van der Waals surface area contributed by atoms with Gasteiger partial charge in [-0.15, -0.1) is 0 Å². The van der Waals surface area contributed by atoms with Gasteiger partial charge < -0.3 is 5.11 Å². The molecule has 1 aromatic carbocycles. The van der Waals surface area contributed by atoms with Gasteiger partial charge in [-0.05, 0) is 74.4 Å². The van der Waals surface area contributed by atoms with Crippen molar-refractivity contribution in [3.63, 3.8) is 0 Å². The van der Waals surface area contributed by atoms with Crippen molar-refractivity contribution in [3.05, 3.63) is 26.6 Å². The molecule has 1 N–H and O–H groups in total. The van der Waals surface area contributed by atoms with E-state index < -0.39 is 0 Å². The topological polar surface area (TPSA) is 23.5 Å². The fraction of sp³-hybridized carbons (Fsp3) is 0.571. The van der Waals surface area contributed by atoms with E-state index in [-0.39, 0.29) is 5.75 Å². The number of likely N-dealkylation sites (tertiary alicyclic amines) is 1. The lowest BCUT2D eigenvalue weighted by Gasteiger charge is -2.38. The molecule has 100 valence electrons. The number of piperidine rings is 1. The van der Waals surface area contributed by atoms with Crippen LogP contribution in [0, 0.1) is 5.41 Å². The van der Waals surface area contributed by atoms with Crippen LogP contribution in [0.25, 0.3) is 0 Å². The molecule has 0 bridgehead atoms. The minimum atomic E-state index is 0.276. The Morgan fingerprint density at radius 3 is 2.44 bits per heavy atom. The predicted octanol–water partition coefficient (Wildman–Crippen LogP) is 4.54. The molecule has 1 heterocycles. The van der Waals surface area contributed by atoms with E-state index in [0.29, 0.717) is 5.41 Å². The summed E-state index contributed by atoms with van der Waals surface area (Å²) in [5.74, 6) is 0.276. The summed E-state index contributed by atoms with van der Waals surface area (Å²) >= 11 is 6.77. The van der Waals surface area contributed by atoms with Gasteiger partial charge in [-0.2, -0.15) is 0 Å². The molecule has 1 aromatic rings. The van der Waals surface area contributed by atoms with Crippen LogP contribution in [0.1, 0.15) is 32.3 Å². The zero-order valence-corrected chi connectivity index (χ0v) is 14.0.